The number of esters is 1. The number of hydrogen-bond donors (Lipinski definition) is 1. The fraction of sp³-hybridized carbons (Fsp3) is 0.333. The molecular weight excluding hydrogens is 302 g/mol. The molecule has 0 saturated carbocycles. The predicted molar refractivity (Wildman–Crippen MR) is 77.9 cm³/mol. The van der Waals surface area contributed by atoms with Gasteiger partial charge >= 0.3 is 5.97 Å². The van der Waals surface area contributed by atoms with E-state index in [0.29, 0.717) is 0 Å². The summed E-state index contributed by atoms with van der Waals surface area (Å²) in [6.07, 6.45) is 1.22. The smallest absolute Gasteiger partial charge is 0.340 e. The molecule has 0 aliphatic rings. The van der Waals surface area contributed by atoms with E-state index in [1.807, 2.05) is 0 Å². The fourth-order valence-electron chi connectivity index (χ4n) is 1.47. The molecule has 1 aromatic heterocycles. The SMILES string of the molecule is C=CCS(=O)(=O)CC(=O)Nc1sc(C)cc1C(=O)OC. The molecule has 0 aromatic carbocycles. The van der Waals surface area contributed by atoms with Crippen molar-refractivity contribution in [2.24, 2.45) is 0 Å². The van der Waals surface area contributed by atoms with Crippen LogP contribution in [0.2, 0.25) is 0 Å². The van der Waals surface area contributed by atoms with Crippen LogP contribution in [0.1, 0.15) is 15.2 Å². The Morgan fingerprint density at radius 1 is 1.50 bits per heavy atom. The number of thiophene rings is 1. The molecular formula is C12H15NO5S2. The van der Waals surface area contributed by atoms with Crippen LogP contribution in [0.4, 0.5) is 5.00 Å². The minimum atomic E-state index is -3.52. The lowest BCUT2D eigenvalue weighted by molar-refractivity contribution is -0.113. The second kappa shape index (κ2) is 6.67. The van der Waals surface area contributed by atoms with Crippen molar-refractivity contribution in [1.29, 1.82) is 0 Å². The molecule has 1 amide bonds. The molecule has 8 heteroatoms. The van der Waals surface area contributed by atoms with E-state index in [9.17, 15) is 18.0 Å². The van der Waals surface area contributed by atoms with Crippen LogP contribution in [0.25, 0.3) is 0 Å². The van der Waals surface area contributed by atoms with Crippen molar-refractivity contribution in [3.8, 4) is 0 Å². The van der Waals surface area contributed by atoms with Gasteiger partial charge in [-0.15, -0.1) is 17.9 Å². The first-order valence-electron chi connectivity index (χ1n) is 5.59. The number of ether oxygens (including phenoxy) is 1. The molecule has 0 aliphatic carbocycles. The number of rotatable bonds is 6. The van der Waals surface area contributed by atoms with Gasteiger partial charge in [-0.05, 0) is 13.0 Å². The van der Waals surface area contributed by atoms with Gasteiger partial charge in [-0.1, -0.05) is 6.08 Å². The van der Waals surface area contributed by atoms with Crippen molar-refractivity contribution in [2.75, 3.05) is 23.9 Å². The van der Waals surface area contributed by atoms with Gasteiger partial charge in [0, 0.05) is 4.88 Å². The lowest BCUT2D eigenvalue weighted by Gasteiger charge is -2.05. The number of amides is 1. The van der Waals surface area contributed by atoms with Gasteiger partial charge < -0.3 is 10.1 Å². The summed E-state index contributed by atoms with van der Waals surface area (Å²) in [7, 11) is -2.29. The standard InChI is InChI=1S/C12H15NO5S2/c1-4-5-20(16,17)7-10(14)13-11-9(12(15)18-3)6-8(2)19-11/h4,6H,1,5,7H2,2-3H3,(H,13,14). The number of anilines is 1. The van der Waals surface area contributed by atoms with E-state index in [0.717, 1.165) is 4.88 Å². The van der Waals surface area contributed by atoms with Crippen molar-refractivity contribution in [1.82, 2.24) is 0 Å². The zero-order valence-electron chi connectivity index (χ0n) is 11.1. The topological polar surface area (TPSA) is 89.5 Å². The Labute approximate surface area is 121 Å². The lowest BCUT2D eigenvalue weighted by atomic mass is 10.3. The summed E-state index contributed by atoms with van der Waals surface area (Å²) in [6.45, 7) is 5.08. The van der Waals surface area contributed by atoms with Crippen molar-refractivity contribution >= 4 is 38.1 Å². The van der Waals surface area contributed by atoms with E-state index < -0.39 is 27.5 Å². The molecule has 0 fully saturated rings. The maximum absolute atomic E-state index is 11.7. The van der Waals surface area contributed by atoms with Gasteiger partial charge in [-0.25, -0.2) is 13.2 Å². The van der Waals surface area contributed by atoms with Crippen molar-refractivity contribution < 1.29 is 22.7 Å². The summed E-state index contributed by atoms with van der Waals surface area (Å²) in [5.74, 6) is -2.21. The molecule has 1 aromatic rings. The summed E-state index contributed by atoms with van der Waals surface area (Å²) in [5, 5.41) is 2.71. The van der Waals surface area contributed by atoms with Crippen LogP contribution in [0, 0.1) is 6.92 Å². The average Bonchev–Trinajstić information content (AvgIpc) is 2.68. The van der Waals surface area contributed by atoms with Crippen LogP contribution >= 0.6 is 11.3 Å². The first-order valence-corrected chi connectivity index (χ1v) is 8.22. The first kappa shape index (κ1) is 16.4. The van der Waals surface area contributed by atoms with E-state index in [2.05, 4.69) is 16.6 Å². The zero-order valence-corrected chi connectivity index (χ0v) is 12.8. The van der Waals surface area contributed by atoms with Gasteiger partial charge in [0.15, 0.2) is 9.84 Å². The Morgan fingerprint density at radius 2 is 2.15 bits per heavy atom. The summed E-state index contributed by atoms with van der Waals surface area (Å²) >= 11 is 1.18. The van der Waals surface area contributed by atoms with E-state index in [4.69, 9.17) is 0 Å². The normalized spacial score (nSPS) is 10.9. The second-order valence-electron chi connectivity index (χ2n) is 3.98. The quantitative estimate of drug-likeness (QED) is 0.632. The van der Waals surface area contributed by atoms with Gasteiger partial charge in [0.2, 0.25) is 5.91 Å². The van der Waals surface area contributed by atoms with Crippen LogP contribution in [0.5, 0.6) is 0 Å². The maximum Gasteiger partial charge on any atom is 0.340 e. The molecule has 1 N–H and O–H groups in total. The number of nitrogens with one attached hydrogen (secondary N) is 1. The molecule has 0 spiro atoms. The first-order chi connectivity index (χ1) is 9.29. The predicted octanol–water partition coefficient (Wildman–Crippen LogP) is 1.38. The lowest BCUT2D eigenvalue weighted by Crippen LogP contribution is -2.24. The molecule has 1 rings (SSSR count). The van der Waals surface area contributed by atoms with Gasteiger partial charge in [0.1, 0.15) is 10.8 Å². The zero-order chi connectivity index (χ0) is 15.3. The van der Waals surface area contributed by atoms with Crippen molar-refractivity contribution in [2.45, 2.75) is 6.92 Å². The number of methoxy groups -OCH3 is 1. The monoisotopic (exact) mass is 317 g/mol. The van der Waals surface area contributed by atoms with Crippen LogP contribution < -0.4 is 5.32 Å². The van der Waals surface area contributed by atoms with E-state index >= 15 is 0 Å². The van der Waals surface area contributed by atoms with Gasteiger partial charge in [-0.2, -0.15) is 0 Å². The van der Waals surface area contributed by atoms with Gasteiger partial charge in [0.05, 0.1) is 18.4 Å². The van der Waals surface area contributed by atoms with Crippen molar-refractivity contribution in [3.05, 3.63) is 29.2 Å². The fourth-order valence-corrected chi connectivity index (χ4v) is 3.33. The summed E-state index contributed by atoms with van der Waals surface area (Å²) in [5.41, 5.74) is 0.212. The Kier molecular flexibility index (Phi) is 5.46. The molecule has 0 aliphatic heterocycles. The van der Waals surface area contributed by atoms with Gasteiger partial charge in [-0.3, -0.25) is 4.79 Å². The molecule has 0 saturated heterocycles. The second-order valence-corrected chi connectivity index (χ2v) is 7.35. The Balaban J connectivity index is 2.86. The third-order valence-electron chi connectivity index (χ3n) is 2.24. The Hall–Kier alpha value is -1.67. The molecule has 0 bridgehead atoms. The number of hydrogen-bond acceptors (Lipinski definition) is 6. The largest absolute Gasteiger partial charge is 0.465 e. The highest BCUT2D eigenvalue weighted by atomic mass is 32.2. The van der Waals surface area contributed by atoms with E-state index in [-0.39, 0.29) is 16.3 Å². The molecule has 0 atom stereocenters. The van der Waals surface area contributed by atoms with E-state index in [1.54, 1.807) is 13.0 Å². The Bertz CT molecular complexity index is 630. The molecule has 110 valence electrons. The van der Waals surface area contributed by atoms with Gasteiger partial charge in [0.25, 0.3) is 0 Å². The minimum Gasteiger partial charge on any atom is -0.465 e. The van der Waals surface area contributed by atoms with Crippen molar-refractivity contribution in [3.63, 3.8) is 0 Å². The highest BCUT2D eigenvalue weighted by molar-refractivity contribution is 7.92. The number of sulfone groups is 1. The highest BCUT2D eigenvalue weighted by Gasteiger charge is 2.20. The molecule has 0 radical (unpaired) electrons. The number of carbonyl (C=O) groups excluding carboxylic acids is 2. The third-order valence-corrected chi connectivity index (χ3v) is 4.65. The molecule has 20 heavy (non-hydrogen) atoms. The molecule has 0 unspecified atom stereocenters. The van der Waals surface area contributed by atoms with Crippen LogP contribution in [-0.4, -0.2) is 38.9 Å². The Morgan fingerprint density at radius 3 is 2.70 bits per heavy atom. The summed E-state index contributed by atoms with van der Waals surface area (Å²) < 4.78 is 27.6. The van der Waals surface area contributed by atoms with E-state index in [1.165, 1.54) is 24.5 Å². The van der Waals surface area contributed by atoms with Crippen LogP contribution in [0.3, 0.4) is 0 Å². The molecule has 6 nitrogen and oxygen atoms in total. The van der Waals surface area contributed by atoms with Crippen LogP contribution in [0.15, 0.2) is 18.7 Å². The maximum atomic E-state index is 11.7. The summed E-state index contributed by atoms with van der Waals surface area (Å²) in [6, 6.07) is 1.57. The molecule has 1 heterocycles. The third kappa shape index (κ3) is 4.46. The van der Waals surface area contributed by atoms with Crippen LogP contribution in [-0.2, 0) is 19.4 Å². The number of carbonyl (C=O) groups is 2. The average molecular weight is 317 g/mol. The summed E-state index contributed by atoms with van der Waals surface area (Å²) in [4.78, 5) is 24.0. The minimum absolute atomic E-state index is 0.212. The number of aryl methyl sites for hydroxylation is 1. The highest BCUT2D eigenvalue weighted by Crippen LogP contribution is 2.28.